The van der Waals surface area contributed by atoms with Gasteiger partial charge in [-0.3, -0.25) is 0 Å². The highest BCUT2D eigenvalue weighted by Crippen LogP contribution is 2.20. The van der Waals surface area contributed by atoms with Crippen molar-refractivity contribution in [3.8, 4) is 5.75 Å². The van der Waals surface area contributed by atoms with Crippen molar-refractivity contribution < 1.29 is 5.11 Å². The highest BCUT2D eigenvalue weighted by atomic mass is 16.3. The second-order valence-corrected chi connectivity index (χ2v) is 3.34. The zero-order valence-electron chi connectivity index (χ0n) is 7.99. The first-order valence-electron chi connectivity index (χ1n) is 4.65. The van der Waals surface area contributed by atoms with Crippen LogP contribution in [-0.2, 0) is 0 Å². The van der Waals surface area contributed by atoms with Crippen LogP contribution >= 0.6 is 0 Å². The Morgan fingerprint density at radius 1 is 1.57 bits per heavy atom. The van der Waals surface area contributed by atoms with Crippen LogP contribution in [0, 0.1) is 0 Å². The molecule has 0 fully saturated rings. The number of benzene rings is 1. The van der Waals surface area contributed by atoms with Crippen molar-refractivity contribution in [3.05, 3.63) is 24.0 Å². The molecule has 0 amide bonds. The number of hydrogen-bond donors (Lipinski definition) is 3. The standard InChI is InChI=1S/C10H13N3O/c1-2-7(11)10-12-8-4-3-6(14)5-9(8)13-10/h3-5,7,14H,2,11H2,1H3,(H,12,13). The molecule has 0 spiro atoms. The molecule has 2 rings (SSSR count). The number of nitrogens with one attached hydrogen (secondary N) is 1. The van der Waals surface area contributed by atoms with Crippen LogP contribution in [0.1, 0.15) is 25.2 Å². The van der Waals surface area contributed by atoms with Gasteiger partial charge in [0.25, 0.3) is 0 Å². The number of fused-ring (bicyclic) bond motifs is 1. The lowest BCUT2D eigenvalue weighted by Crippen LogP contribution is -2.10. The number of imidazole rings is 1. The van der Waals surface area contributed by atoms with E-state index in [0.717, 1.165) is 23.3 Å². The molecule has 2 aromatic rings. The number of rotatable bonds is 2. The summed E-state index contributed by atoms with van der Waals surface area (Å²) in [6.07, 6.45) is 0.839. The third kappa shape index (κ3) is 1.44. The van der Waals surface area contributed by atoms with Gasteiger partial charge in [-0.05, 0) is 18.6 Å². The van der Waals surface area contributed by atoms with E-state index in [1.807, 2.05) is 6.92 Å². The monoisotopic (exact) mass is 191 g/mol. The van der Waals surface area contributed by atoms with Gasteiger partial charge in [0.1, 0.15) is 11.6 Å². The van der Waals surface area contributed by atoms with Crippen LogP contribution in [-0.4, -0.2) is 15.1 Å². The van der Waals surface area contributed by atoms with Crippen molar-refractivity contribution in [2.45, 2.75) is 19.4 Å². The van der Waals surface area contributed by atoms with Gasteiger partial charge in [0, 0.05) is 6.07 Å². The molecule has 0 bridgehead atoms. The van der Waals surface area contributed by atoms with Gasteiger partial charge in [-0.25, -0.2) is 4.98 Å². The Labute approximate surface area is 81.8 Å². The van der Waals surface area contributed by atoms with Crippen molar-refractivity contribution in [2.75, 3.05) is 0 Å². The molecule has 74 valence electrons. The Hall–Kier alpha value is -1.55. The predicted molar refractivity (Wildman–Crippen MR) is 55.0 cm³/mol. The predicted octanol–water partition coefficient (Wildman–Crippen LogP) is 1.68. The molecular formula is C10H13N3O. The van der Waals surface area contributed by atoms with E-state index in [-0.39, 0.29) is 11.8 Å². The molecular weight excluding hydrogens is 178 g/mol. The average molecular weight is 191 g/mol. The van der Waals surface area contributed by atoms with Crippen LogP contribution in [0.4, 0.5) is 0 Å². The molecule has 1 unspecified atom stereocenters. The molecule has 1 atom stereocenters. The molecule has 0 aliphatic carbocycles. The third-order valence-electron chi connectivity index (χ3n) is 2.27. The molecule has 1 heterocycles. The minimum atomic E-state index is -0.0652. The van der Waals surface area contributed by atoms with E-state index in [1.54, 1.807) is 18.2 Å². The van der Waals surface area contributed by atoms with E-state index in [4.69, 9.17) is 5.73 Å². The molecule has 0 radical (unpaired) electrons. The Morgan fingerprint density at radius 2 is 2.36 bits per heavy atom. The Morgan fingerprint density at radius 3 is 3.07 bits per heavy atom. The molecule has 1 aromatic heterocycles. The van der Waals surface area contributed by atoms with Crippen LogP contribution in [0.15, 0.2) is 18.2 Å². The van der Waals surface area contributed by atoms with Crippen LogP contribution in [0.5, 0.6) is 5.75 Å². The maximum Gasteiger partial charge on any atom is 0.124 e. The molecule has 0 saturated carbocycles. The van der Waals surface area contributed by atoms with Crippen LogP contribution in [0.3, 0.4) is 0 Å². The van der Waals surface area contributed by atoms with Crippen molar-refractivity contribution in [2.24, 2.45) is 5.73 Å². The number of phenolic OH excluding ortho intramolecular Hbond substituents is 1. The first kappa shape index (κ1) is 9.02. The van der Waals surface area contributed by atoms with Crippen molar-refractivity contribution in [1.29, 1.82) is 0 Å². The highest BCUT2D eigenvalue weighted by molar-refractivity contribution is 5.76. The topological polar surface area (TPSA) is 74.9 Å². The summed E-state index contributed by atoms with van der Waals surface area (Å²) < 4.78 is 0. The maximum atomic E-state index is 9.26. The average Bonchev–Trinajstić information content (AvgIpc) is 2.59. The van der Waals surface area contributed by atoms with Gasteiger partial charge in [0.15, 0.2) is 0 Å². The van der Waals surface area contributed by atoms with Crippen molar-refractivity contribution in [1.82, 2.24) is 9.97 Å². The van der Waals surface area contributed by atoms with Gasteiger partial charge < -0.3 is 15.8 Å². The van der Waals surface area contributed by atoms with E-state index in [0.29, 0.717) is 0 Å². The summed E-state index contributed by atoms with van der Waals surface area (Å²) in [5.74, 6) is 1.01. The van der Waals surface area contributed by atoms with Gasteiger partial charge in [-0.1, -0.05) is 6.92 Å². The minimum absolute atomic E-state index is 0.0652. The zero-order valence-corrected chi connectivity index (χ0v) is 7.99. The van der Waals surface area contributed by atoms with Gasteiger partial charge in [-0.15, -0.1) is 0 Å². The number of hydrogen-bond acceptors (Lipinski definition) is 3. The summed E-state index contributed by atoms with van der Waals surface area (Å²) in [7, 11) is 0. The largest absolute Gasteiger partial charge is 0.508 e. The van der Waals surface area contributed by atoms with Crippen molar-refractivity contribution in [3.63, 3.8) is 0 Å². The smallest absolute Gasteiger partial charge is 0.124 e. The number of aromatic amines is 1. The molecule has 0 aliphatic heterocycles. The maximum absolute atomic E-state index is 9.26. The summed E-state index contributed by atoms with van der Waals surface area (Å²) >= 11 is 0. The molecule has 4 N–H and O–H groups in total. The lowest BCUT2D eigenvalue weighted by molar-refractivity contribution is 0.476. The fraction of sp³-hybridized carbons (Fsp3) is 0.300. The van der Waals surface area contributed by atoms with E-state index in [1.165, 1.54) is 0 Å². The molecule has 1 aromatic carbocycles. The number of phenols is 1. The highest BCUT2D eigenvalue weighted by Gasteiger charge is 2.08. The van der Waals surface area contributed by atoms with Crippen LogP contribution < -0.4 is 5.73 Å². The second kappa shape index (κ2) is 3.31. The van der Waals surface area contributed by atoms with E-state index in [9.17, 15) is 5.11 Å². The summed E-state index contributed by atoms with van der Waals surface area (Å²) in [5.41, 5.74) is 7.50. The number of aromatic hydroxyl groups is 1. The summed E-state index contributed by atoms with van der Waals surface area (Å²) in [6.45, 7) is 2.01. The molecule has 0 aliphatic rings. The van der Waals surface area contributed by atoms with E-state index in [2.05, 4.69) is 9.97 Å². The SMILES string of the molecule is CCC(N)c1nc2ccc(O)cc2[nH]1. The van der Waals surface area contributed by atoms with Crippen LogP contribution in [0.25, 0.3) is 11.0 Å². The summed E-state index contributed by atoms with van der Waals surface area (Å²) in [5, 5.41) is 9.26. The zero-order chi connectivity index (χ0) is 10.1. The number of nitrogens with two attached hydrogens (primary N) is 1. The van der Waals surface area contributed by atoms with Crippen molar-refractivity contribution >= 4 is 11.0 Å². The minimum Gasteiger partial charge on any atom is -0.508 e. The second-order valence-electron chi connectivity index (χ2n) is 3.34. The van der Waals surface area contributed by atoms with E-state index < -0.39 is 0 Å². The number of nitrogens with zero attached hydrogens (tertiary/aromatic N) is 1. The first-order valence-corrected chi connectivity index (χ1v) is 4.65. The van der Waals surface area contributed by atoms with Gasteiger partial charge >= 0.3 is 0 Å². The van der Waals surface area contributed by atoms with Crippen LogP contribution in [0.2, 0.25) is 0 Å². The fourth-order valence-corrected chi connectivity index (χ4v) is 1.39. The summed E-state index contributed by atoms with van der Waals surface area (Å²) in [4.78, 5) is 7.42. The fourth-order valence-electron chi connectivity index (χ4n) is 1.39. The van der Waals surface area contributed by atoms with Gasteiger partial charge in [0.2, 0.25) is 0 Å². The Balaban J connectivity index is 2.51. The van der Waals surface area contributed by atoms with Gasteiger partial charge in [-0.2, -0.15) is 0 Å². The number of aromatic nitrogens is 2. The lowest BCUT2D eigenvalue weighted by Gasteiger charge is -2.02. The molecule has 4 heteroatoms. The number of H-pyrrole nitrogens is 1. The normalized spacial score (nSPS) is 13.3. The quantitative estimate of drug-likeness (QED) is 0.676. The summed E-state index contributed by atoms with van der Waals surface area (Å²) in [6, 6.07) is 4.97. The molecule has 0 saturated heterocycles. The Bertz CT molecular complexity index is 450. The lowest BCUT2D eigenvalue weighted by atomic mass is 10.2. The third-order valence-corrected chi connectivity index (χ3v) is 2.27. The molecule has 14 heavy (non-hydrogen) atoms. The first-order chi connectivity index (χ1) is 6.70. The van der Waals surface area contributed by atoms with E-state index >= 15 is 0 Å². The molecule has 4 nitrogen and oxygen atoms in total. The van der Waals surface area contributed by atoms with Gasteiger partial charge in [0.05, 0.1) is 17.1 Å². The Kier molecular flexibility index (Phi) is 2.13.